The first-order valence-electron chi connectivity index (χ1n) is 3.77. The van der Waals surface area contributed by atoms with Gasteiger partial charge in [0, 0.05) is 0 Å². The van der Waals surface area contributed by atoms with Crippen LogP contribution in [0.2, 0.25) is 0 Å². The molecule has 2 N–H and O–H groups in total. The molecule has 6 heteroatoms. The van der Waals surface area contributed by atoms with Crippen molar-refractivity contribution in [3.63, 3.8) is 0 Å². The molecule has 0 bridgehead atoms. The Hall–Kier alpha value is -0.980. The smallest absolute Gasteiger partial charge is 0.332 e. The predicted molar refractivity (Wildman–Crippen MR) is 46.6 cm³/mol. The number of rotatable bonds is 3. The minimum atomic E-state index is -4.85. The van der Waals surface area contributed by atoms with Crippen molar-refractivity contribution in [3.05, 3.63) is 29.3 Å². The topological polar surface area (TPSA) is 74.6 Å². The van der Waals surface area contributed by atoms with Crippen LogP contribution in [-0.4, -0.2) is 18.6 Å². The summed E-state index contributed by atoms with van der Waals surface area (Å²) >= 11 is 0. The molecule has 1 rings (SSSR count). The average molecular weight is 220 g/mol. The van der Waals surface area contributed by atoms with E-state index < -0.39 is 21.7 Å². The third-order valence-electron chi connectivity index (χ3n) is 1.75. The second-order valence-corrected chi connectivity index (χ2v) is 4.01. The quantitative estimate of drug-likeness (QED) is 0.720. The van der Waals surface area contributed by atoms with Crippen LogP contribution >= 0.6 is 0 Å². The molecule has 0 fully saturated rings. The largest absolute Gasteiger partial charge is 0.392 e. The van der Waals surface area contributed by atoms with Gasteiger partial charge in [0.25, 0.3) is 0 Å². The van der Waals surface area contributed by atoms with E-state index in [1.165, 1.54) is 12.1 Å². The maximum absolute atomic E-state index is 12.7. The lowest BCUT2D eigenvalue weighted by atomic mass is 10.1. The van der Waals surface area contributed by atoms with Gasteiger partial charge >= 0.3 is 10.2 Å². The summed E-state index contributed by atoms with van der Waals surface area (Å²) in [4.78, 5) is -0.591. The lowest BCUT2D eigenvalue weighted by Gasteiger charge is -2.04. The zero-order valence-electron chi connectivity index (χ0n) is 7.14. The summed E-state index contributed by atoms with van der Waals surface area (Å²) in [5.41, 5.74) is 0.253. The van der Waals surface area contributed by atoms with Crippen molar-refractivity contribution in [1.82, 2.24) is 0 Å². The van der Waals surface area contributed by atoms with Gasteiger partial charge in [-0.3, -0.25) is 0 Å². The summed E-state index contributed by atoms with van der Waals surface area (Å²) in [5.74, 6) is 0. The van der Waals surface area contributed by atoms with Crippen LogP contribution in [0.1, 0.15) is 11.1 Å². The van der Waals surface area contributed by atoms with Gasteiger partial charge in [-0.25, -0.2) is 0 Å². The van der Waals surface area contributed by atoms with Crippen LogP contribution in [0.5, 0.6) is 0 Å². The van der Waals surface area contributed by atoms with E-state index in [9.17, 15) is 12.3 Å². The van der Waals surface area contributed by atoms with Crippen LogP contribution in [-0.2, 0) is 23.4 Å². The van der Waals surface area contributed by atoms with Gasteiger partial charge in [0.2, 0.25) is 0 Å². The number of hydrogen-bond donors (Lipinski definition) is 2. The Morgan fingerprint density at radius 3 is 2.29 bits per heavy atom. The summed E-state index contributed by atoms with van der Waals surface area (Å²) in [6.07, 6.45) is 0. The molecule has 1 aromatic rings. The molecular formula is C8H9FO4S. The molecule has 0 aliphatic carbocycles. The Morgan fingerprint density at radius 2 is 1.86 bits per heavy atom. The van der Waals surface area contributed by atoms with Gasteiger partial charge < -0.3 is 10.2 Å². The first-order chi connectivity index (χ1) is 6.49. The zero-order chi connectivity index (χ0) is 10.8. The molecule has 0 aromatic heterocycles. The third-order valence-corrected chi connectivity index (χ3v) is 2.65. The second kappa shape index (κ2) is 4.04. The van der Waals surface area contributed by atoms with Crippen LogP contribution in [0, 0.1) is 0 Å². The fourth-order valence-corrected chi connectivity index (χ4v) is 1.79. The molecule has 0 radical (unpaired) electrons. The van der Waals surface area contributed by atoms with Gasteiger partial charge in [-0.05, 0) is 17.2 Å². The summed E-state index contributed by atoms with van der Waals surface area (Å²) in [7, 11) is -4.85. The maximum Gasteiger partial charge on any atom is 0.332 e. The normalized spacial score (nSPS) is 11.6. The number of hydrogen-bond acceptors (Lipinski definition) is 4. The molecule has 78 valence electrons. The maximum atomic E-state index is 12.7. The first kappa shape index (κ1) is 11.1. The summed E-state index contributed by atoms with van der Waals surface area (Å²) in [6.45, 7) is -0.946. The molecule has 0 saturated carbocycles. The Morgan fingerprint density at radius 1 is 1.21 bits per heavy atom. The lowest BCUT2D eigenvalue weighted by Crippen LogP contribution is -2.00. The first-order valence-corrected chi connectivity index (χ1v) is 5.15. The fourth-order valence-electron chi connectivity index (χ4n) is 1.05. The molecule has 0 amide bonds. The number of aliphatic hydroxyl groups excluding tert-OH is 2. The van der Waals surface area contributed by atoms with Crippen molar-refractivity contribution in [2.24, 2.45) is 0 Å². The highest BCUT2D eigenvalue weighted by molar-refractivity contribution is 7.86. The van der Waals surface area contributed by atoms with Crippen LogP contribution in [0.4, 0.5) is 3.89 Å². The molecule has 4 nitrogen and oxygen atoms in total. The van der Waals surface area contributed by atoms with Gasteiger partial charge in [0.15, 0.2) is 0 Å². The lowest BCUT2D eigenvalue weighted by molar-refractivity contribution is 0.275. The summed E-state index contributed by atoms with van der Waals surface area (Å²) in [5, 5.41) is 17.5. The highest BCUT2D eigenvalue weighted by Crippen LogP contribution is 2.20. The van der Waals surface area contributed by atoms with Crippen LogP contribution in [0.3, 0.4) is 0 Å². The second-order valence-electron chi connectivity index (χ2n) is 2.70. The van der Waals surface area contributed by atoms with Crippen LogP contribution in [0.25, 0.3) is 0 Å². The average Bonchev–Trinajstić information content (AvgIpc) is 2.15. The molecule has 0 saturated heterocycles. The van der Waals surface area contributed by atoms with Crippen LogP contribution in [0.15, 0.2) is 23.1 Å². The Bertz CT molecular complexity index is 427. The summed E-state index contributed by atoms with van der Waals surface area (Å²) in [6, 6.07) is 3.68. The Labute approximate surface area is 80.8 Å². The van der Waals surface area contributed by atoms with Crippen molar-refractivity contribution in [2.75, 3.05) is 0 Å². The molecule has 0 unspecified atom stereocenters. The van der Waals surface area contributed by atoms with E-state index >= 15 is 0 Å². The molecule has 1 aromatic carbocycles. The van der Waals surface area contributed by atoms with Crippen molar-refractivity contribution in [3.8, 4) is 0 Å². The third kappa shape index (κ3) is 2.28. The number of benzene rings is 1. The van der Waals surface area contributed by atoms with Gasteiger partial charge in [0.1, 0.15) is 4.90 Å². The molecule has 0 aliphatic rings. The van der Waals surface area contributed by atoms with E-state index in [-0.39, 0.29) is 17.7 Å². The molecule has 14 heavy (non-hydrogen) atoms. The van der Waals surface area contributed by atoms with E-state index in [1.807, 2.05) is 0 Å². The predicted octanol–water partition coefficient (Wildman–Crippen LogP) is 0.329. The number of aliphatic hydroxyl groups is 2. The van der Waals surface area contributed by atoms with Crippen molar-refractivity contribution in [1.29, 1.82) is 0 Å². The van der Waals surface area contributed by atoms with E-state index in [4.69, 9.17) is 10.2 Å². The fraction of sp³-hybridized carbons (Fsp3) is 0.250. The standard InChI is InChI=1S/C8H9FO4S/c9-14(12,13)8-3-6(4-10)1-2-7(8)5-11/h1-3,10-11H,4-5H2. The van der Waals surface area contributed by atoms with Gasteiger partial charge in [-0.2, -0.15) is 8.42 Å². The summed E-state index contributed by atoms with van der Waals surface area (Å²) < 4.78 is 33.9. The van der Waals surface area contributed by atoms with E-state index in [2.05, 4.69) is 0 Å². The molecular weight excluding hydrogens is 211 g/mol. The molecule has 0 spiro atoms. The molecule has 0 aliphatic heterocycles. The minimum absolute atomic E-state index is 0.0234. The van der Waals surface area contributed by atoms with Crippen molar-refractivity contribution in [2.45, 2.75) is 18.1 Å². The zero-order valence-corrected chi connectivity index (χ0v) is 7.96. The Balaban J connectivity index is 3.37. The van der Waals surface area contributed by atoms with Gasteiger partial charge in [0.05, 0.1) is 13.2 Å². The minimum Gasteiger partial charge on any atom is -0.392 e. The highest BCUT2D eigenvalue weighted by atomic mass is 32.3. The van der Waals surface area contributed by atoms with Crippen molar-refractivity contribution < 1.29 is 22.5 Å². The van der Waals surface area contributed by atoms with Crippen LogP contribution < -0.4 is 0 Å². The molecule has 0 atom stereocenters. The SMILES string of the molecule is O=S(=O)(F)c1cc(CO)ccc1CO. The van der Waals surface area contributed by atoms with E-state index in [0.29, 0.717) is 0 Å². The van der Waals surface area contributed by atoms with E-state index in [1.54, 1.807) is 0 Å². The Kier molecular flexibility index (Phi) is 3.20. The van der Waals surface area contributed by atoms with Gasteiger partial charge in [-0.15, -0.1) is 3.89 Å². The molecule has 0 heterocycles. The van der Waals surface area contributed by atoms with E-state index in [0.717, 1.165) is 6.07 Å². The highest BCUT2D eigenvalue weighted by Gasteiger charge is 2.17. The van der Waals surface area contributed by atoms with Gasteiger partial charge in [-0.1, -0.05) is 12.1 Å². The monoisotopic (exact) mass is 220 g/mol. The number of halogens is 1. The van der Waals surface area contributed by atoms with Crippen molar-refractivity contribution >= 4 is 10.2 Å².